The summed E-state index contributed by atoms with van der Waals surface area (Å²) >= 11 is 0. The summed E-state index contributed by atoms with van der Waals surface area (Å²) < 4.78 is 13.4. The third kappa shape index (κ3) is 2.63. The average Bonchev–Trinajstić information content (AvgIpc) is 2.17. The maximum atomic E-state index is 13.4. The lowest BCUT2D eigenvalue weighted by Gasteiger charge is -2.24. The van der Waals surface area contributed by atoms with E-state index < -0.39 is 11.4 Å². The molecule has 0 aromatic heterocycles. The Labute approximate surface area is 89.5 Å². The van der Waals surface area contributed by atoms with Gasteiger partial charge in [-0.25, -0.2) is 4.39 Å². The number of ketones is 1. The van der Waals surface area contributed by atoms with Gasteiger partial charge in [-0.05, 0) is 32.5 Å². The topological polar surface area (TPSA) is 29.1 Å². The van der Waals surface area contributed by atoms with Crippen LogP contribution in [0.25, 0.3) is 0 Å². The molecule has 0 saturated carbocycles. The molecule has 82 valence electrons. The Bertz CT molecular complexity index is 360. The van der Waals surface area contributed by atoms with E-state index in [0.29, 0.717) is 6.54 Å². The molecule has 2 nitrogen and oxygen atoms in total. The van der Waals surface area contributed by atoms with E-state index >= 15 is 0 Å². The van der Waals surface area contributed by atoms with Crippen molar-refractivity contribution in [3.63, 3.8) is 0 Å². The summed E-state index contributed by atoms with van der Waals surface area (Å²) in [6, 6.07) is 6.05. The lowest BCUT2D eigenvalue weighted by molar-refractivity contribution is 0.0879. The smallest absolute Gasteiger partial charge is 0.185 e. The molecule has 0 bridgehead atoms. The largest absolute Gasteiger partial charge is 0.305 e. The van der Waals surface area contributed by atoms with Crippen LogP contribution in [0.4, 0.5) is 4.39 Å². The molecular weight excluding hydrogens is 193 g/mol. The monoisotopic (exact) mass is 209 g/mol. The molecule has 0 aliphatic carbocycles. The van der Waals surface area contributed by atoms with E-state index in [4.69, 9.17) is 0 Å². The van der Waals surface area contributed by atoms with Crippen LogP contribution in [0.2, 0.25) is 0 Å². The number of carbonyl (C=O) groups excluding carboxylic acids is 1. The van der Waals surface area contributed by atoms with Crippen LogP contribution in [0.15, 0.2) is 24.3 Å². The second kappa shape index (κ2) is 4.53. The highest BCUT2D eigenvalue weighted by Gasteiger charge is 2.28. The Morgan fingerprint density at radius 3 is 2.53 bits per heavy atom. The van der Waals surface area contributed by atoms with Gasteiger partial charge in [0.1, 0.15) is 5.82 Å². The Kier molecular flexibility index (Phi) is 3.58. The van der Waals surface area contributed by atoms with E-state index in [9.17, 15) is 9.18 Å². The van der Waals surface area contributed by atoms with Gasteiger partial charge in [0.15, 0.2) is 5.78 Å². The van der Waals surface area contributed by atoms with Crippen molar-refractivity contribution < 1.29 is 9.18 Å². The van der Waals surface area contributed by atoms with E-state index in [-0.39, 0.29) is 11.3 Å². The molecule has 1 aromatic carbocycles. The molecule has 1 N–H and O–H groups in total. The van der Waals surface area contributed by atoms with Crippen molar-refractivity contribution in [1.82, 2.24) is 5.32 Å². The molecule has 0 aliphatic heterocycles. The van der Waals surface area contributed by atoms with Crippen LogP contribution < -0.4 is 5.32 Å². The van der Waals surface area contributed by atoms with E-state index in [1.54, 1.807) is 26.0 Å². The van der Waals surface area contributed by atoms with Crippen LogP contribution in [0.5, 0.6) is 0 Å². The van der Waals surface area contributed by atoms with Crippen molar-refractivity contribution in [1.29, 1.82) is 0 Å². The van der Waals surface area contributed by atoms with E-state index in [2.05, 4.69) is 5.32 Å². The normalized spacial score (nSPS) is 11.5. The summed E-state index contributed by atoms with van der Waals surface area (Å²) in [5.74, 6) is -0.684. The number of nitrogens with one attached hydrogen (secondary N) is 1. The fourth-order valence-corrected chi connectivity index (χ4v) is 1.50. The van der Waals surface area contributed by atoms with Gasteiger partial charge in [0.2, 0.25) is 0 Å². The molecule has 1 aromatic rings. The predicted molar refractivity (Wildman–Crippen MR) is 58.5 cm³/mol. The van der Waals surface area contributed by atoms with Gasteiger partial charge in [0, 0.05) is 0 Å². The highest BCUT2D eigenvalue weighted by Crippen LogP contribution is 2.15. The summed E-state index contributed by atoms with van der Waals surface area (Å²) in [4.78, 5) is 12.0. The van der Waals surface area contributed by atoms with Gasteiger partial charge in [-0.1, -0.05) is 19.1 Å². The lowest BCUT2D eigenvalue weighted by atomic mass is 9.93. The Hall–Kier alpha value is -1.22. The third-order valence-corrected chi connectivity index (χ3v) is 2.30. The van der Waals surface area contributed by atoms with Gasteiger partial charge in [-0.15, -0.1) is 0 Å². The number of rotatable bonds is 4. The number of halogens is 1. The molecule has 0 radical (unpaired) electrons. The van der Waals surface area contributed by atoms with Gasteiger partial charge in [-0.3, -0.25) is 4.79 Å². The van der Waals surface area contributed by atoms with Crippen molar-refractivity contribution in [2.75, 3.05) is 6.54 Å². The van der Waals surface area contributed by atoms with Crippen molar-refractivity contribution >= 4 is 5.78 Å². The van der Waals surface area contributed by atoms with Crippen LogP contribution in [0, 0.1) is 5.82 Å². The van der Waals surface area contributed by atoms with Crippen LogP contribution >= 0.6 is 0 Å². The highest BCUT2D eigenvalue weighted by molar-refractivity contribution is 6.02. The highest BCUT2D eigenvalue weighted by atomic mass is 19.1. The Morgan fingerprint density at radius 2 is 2.00 bits per heavy atom. The molecule has 0 saturated heterocycles. The van der Waals surface area contributed by atoms with Crippen molar-refractivity contribution in [2.45, 2.75) is 26.3 Å². The molecule has 0 unspecified atom stereocenters. The summed E-state index contributed by atoms with van der Waals surface area (Å²) in [6.07, 6.45) is 0. The maximum Gasteiger partial charge on any atom is 0.185 e. The molecule has 0 spiro atoms. The SMILES string of the molecule is CCNC(C)(C)C(=O)c1ccccc1F. The molecule has 1 rings (SSSR count). The molecule has 0 heterocycles. The maximum absolute atomic E-state index is 13.4. The minimum absolute atomic E-state index is 0.142. The molecular formula is C12H16FNO. The van der Waals surface area contributed by atoms with E-state index in [0.717, 1.165) is 0 Å². The number of benzene rings is 1. The molecule has 0 amide bonds. The zero-order chi connectivity index (χ0) is 11.5. The fourth-order valence-electron chi connectivity index (χ4n) is 1.50. The lowest BCUT2D eigenvalue weighted by Crippen LogP contribution is -2.46. The molecule has 0 fully saturated rings. The standard InChI is InChI=1S/C12H16FNO/c1-4-14-12(2,3)11(15)9-7-5-6-8-10(9)13/h5-8,14H,4H2,1-3H3. The summed E-state index contributed by atoms with van der Waals surface area (Å²) in [7, 11) is 0. The summed E-state index contributed by atoms with van der Waals surface area (Å²) in [6.45, 7) is 6.10. The fraction of sp³-hybridized carbons (Fsp3) is 0.417. The van der Waals surface area contributed by atoms with Gasteiger partial charge in [-0.2, -0.15) is 0 Å². The van der Waals surface area contributed by atoms with E-state index in [1.165, 1.54) is 12.1 Å². The third-order valence-electron chi connectivity index (χ3n) is 2.30. The minimum Gasteiger partial charge on any atom is -0.305 e. The second-order valence-corrected chi connectivity index (χ2v) is 3.96. The predicted octanol–water partition coefficient (Wildman–Crippen LogP) is 2.40. The zero-order valence-electron chi connectivity index (χ0n) is 9.30. The van der Waals surface area contributed by atoms with Crippen molar-refractivity contribution in [2.24, 2.45) is 0 Å². The van der Waals surface area contributed by atoms with Crippen molar-refractivity contribution in [3.8, 4) is 0 Å². The number of likely N-dealkylation sites (N-methyl/N-ethyl adjacent to an activating group) is 1. The Morgan fingerprint density at radius 1 is 1.40 bits per heavy atom. The molecule has 0 atom stereocenters. The van der Waals surface area contributed by atoms with Gasteiger partial charge in [0.05, 0.1) is 11.1 Å². The van der Waals surface area contributed by atoms with Crippen molar-refractivity contribution in [3.05, 3.63) is 35.6 Å². The zero-order valence-corrected chi connectivity index (χ0v) is 9.30. The summed E-state index contributed by atoms with van der Waals surface area (Å²) in [5.41, 5.74) is -0.583. The van der Waals surface area contributed by atoms with Gasteiger partial charge in [0.25, 0.3) is 0 Å². The second-order valence-electron chi connectivity index (χ2n) is 3.96. The van der Waals surface area contributed by atoms with Gasteiger partial charge >= 0.3 is 0 Å². The first-order valence-electron chi connectivity index (χ1n) is 5.03. The van der Waals surface area contributed by atoms with Gasteiger partial charge < -0.3 is 5.32 Å². The van der Waals surface area contributed by atoms with Crippen LogP contribution in [-0.2, 0) is 0 Å². The molecule has 3 heteroatoms. The van der Waals surface area contributed by atoms with Crippen LogP contribution in [0.3, 0.4) is 0 Å². The molecule has 15 heavy (non-hydrogen) atoms. The molecule has 0 aliphatic rings. The first-order chi connectivity index (χ1) is 6.99. The summed E-state index contributed by atoms with van der Waals surface area (Å²) in [5, 5.41) is 3.03. The van der Waals surface area contributed by atoms with E-state index in [1.807, 2.05) is 6.92 Å². The number of hydrogen-bond donors (Lipinski definition) is 1. The number of hydrogen-bond acceptors (Lipinski definition) is 2. The number of carbonyl (C=O) groups is 1. The van der Waals surface area contributed by atoms with Crippen LogP contribution in [-0.4, -0.2) is 17.9 Å². The average molecular weight is 209 g/mol. The number of Topliss-reactive ketones (excluding diaryl/α,β-unsaturated/α-hetero) is 1. The minimum atomic E-state index is -0.725. The van der Waals surface area contributed by atoms with Crippen LogP contribution in [0.1, 0.15) is 31.1 Å². The first kappa shape index (κ1) is 11.9. The first-order valence-corrected chi connectivity index (χ1v) is 5.03. The quantitative estimate of drug-likeness (QED) is 0.771. The Balaban J connectivity index is 2.99.